The Morgan fingerprint density at radius 3 is 2.79 bits per heavy atom. The van der Waals surface area contributed by atoms with Crippen molar-refractivity contribution in [3.63, 3.8) is 0 Å². The lowest BCUT2D eigenvalue weighted by Gasteiger charge is -2.29. The van der Waals surface area contributed by atoms with E-state index in [0.29, 0.717) is 17.7 Å². The molecular formula is C18H19NO4S. The van der Waals surface area contributed by atoms with Crippen molar-refractivity contribution in [3.05, 3.63) is 60.2 Å². The molecule has 24 heavy (non-hydrogen) atoms. The SMILES string of the molecule is C=CCC1Oc2cccc(OC)c2-c2ccc(CS(N)(=O)=O)cc21. The summed E-state index contributed by atoms with van der Waals surface area (Å²) in [6.07, 6.45) is 2.17. The van der Waals surface area contributed by atoms with E-state index >= 15 is 0 Å². The monoisotopic (exact) mass is 345 g/mol. The normalized spacial score (nSPS) is 15.8. The molecule has 1 aliphatic heterocycles. The number of ether oxygens (including phenoxy) is 2. The maximum Gasteiger partial charge on any atom is 0.213 e. The zero-order chi connectivity index (χ0) is 17.3. The highest BCUT2D eigenvalue weighted by molar-refractivity contribution is 7.88. The van der Waals surface area contributed by atoms with E-state index in [2.05, 4.69) is 6.58 Å². The topological polar surface area (TPSA) is 78.6 Å². The van der Waals surface area contributed by atoms with Gasteiger partial charge in [-0.05, 0) is 23.3 Å². The lowest BCUT2D eigenvalue weighted by molar-refractivity contribution is 0.205. The van der Waals surface area contributed by atoms with Crippen molar-refractivity contribution in [1.82, 2.24) is 0 Å². The average molecular weight is 345 g/mol. The van der Waals surface area contributed by atoms with Crippen LogP contribution in [0.3, 0.4) is 0 Å². The van der Waals surface area contributed by atoms with Crippen molar-refractivity contribution in [3.8, 4) is 22.6 Å². The summed E-state index contributed by atoms with van der Waals surface area (Å²) >= 11 is 0. The Hall–Kier alpha value is -2.31. The molecular weight excluding hydrogens is 326 g/mol. The molecule has 0 amide bonds. The summed E-state index contributed by atoms with van der Waals surface area (Å²) in [5.41, 5.74) is 3.39. The second-order valence-corrected chi connectivity index (χ2v) is 7.31. The van der Waals surface area contributed by atoms with Crippen LogP contribution >= 0.6 is 0 Å². The number of primary sulfonamides is 1. The minimum atomic E-state index is -3.59. The van der Waals surface area contributed by atoms with Crippen LogP contribution in [0.25, 0.3) is 11.1 Å². The number of hydrogen-bond donors (Lipinski definition) is 1. The van der Waals surface area contributed by atoms with Gasteiger partial charge in [0.05, 0.1) is 18.4 Å². The summed E-state index contributed by atoms with van der Waals surface area (Å²) in [4.78, 5) is 0. The molecule has 0 spiro atoms. The molecule has 6 heteroatoms. The van der Waals surface area contributed by atoms with Crippen molar-refractivity contribution in [2.45, 2.75) is 18.3 Å². The van der Waals surface area contributed by atoms with Gasteiger partial charge in [-0.3, -0.25) is 0 Å². The fraction of sp³-hybridized carbons (Fsp3) is 0.222. The fourth-order valence-corrected chi connectivity index (χ4v) is 3.66. The van der Waals surface area contributed by atoms with Crippen LogP contribution in [0.2, 0.25) is 0 Å². The molecule has 126 valence electrons. The van der Waals surface area contributed by atoms with Gasteiger partial charge in [-0.1, -0.05) is 30.3 Å². The molecule has 2 aromatic rings. The summed E-state index contributed by atoms with van der Waals surface area (Å²) in [6, 6.07) is 11.2. The molecule has 1 aliphatic rings. The maximum atomic E-state index is 11.4. The van der Waals surface area contributed by atoms with Crippen LogP contribution in [-0.4, -0.2) is 15.5 Å². The fourth-order valence-electron chi connectivity index (χ4n) is 3.02. The van der Waals surface area contributed by atoms with Crippen molar-refractivity contribution in [2.24, 2.45) is 5.14 Å². The number of benzene rings is 2. The predicted molar refractivity (Wildman–Crippen MR) is 93.4 cm³/mol. The highest BCUT2D eigenvalue weighted by atomic mass is 32.2. The van der Waals surface area contributed by atoms with Gasteiger partial charge in [0.15, 0.2) is 0 Å². The molecule has 0 aromatic heterocycles. The molecule has 5 nitrogen and oxygen atoms in total. The van der Waals surface area contributed by atoms with E-state index in [1.165, 1.54) is 0 Å². The molecule has 0 aliphatic carbocycles. The summed E-state index contributed by atoms with van der Waals surface area (Å²) in [5.74, 6) is 1.25. The Morgan fingerprint density at radius 1 is 1.33 bits per heavy atom. The second-order valence-electron chi connectivity index (χ2n) is 5.69. The second kappa shape index (κ2) is 6.30. The Morgan fingerprint density at radius 2 is 2.12 bits per heavy atom. The molecule has 0 radical (unpaired) electrons. The van der Waals surface area contributed by atoms with Crippen LogP contribution < -0.4 is 14.6 Å². The minimum absolute atomic E-state index is 0.208. The van der Waals surface area contributed by atoms with Crippen LogP contribution in [0.15, 0.2) is 49.1 Å². The zero-order valence-electron chi connectivity index (χ0n) is 13.4. The Balaban J connectivity index is 2.17. The summed E-state index contributed by atoms with van der Waals surface area (Å²) in [5, 5.41) is 5.16. The lowest BCUT2D eigenvalue weighted by atomic mass is 9.89. The largest absolute Gasteiger partial charge is 0.496 e. The van der Waals surface area contributed by atoms with Crippen LogP contribution in [0, 0.1) is 0 Å². The third kappa shape index (κ3) is 3.16. The Labute approximate surface area is 141 Å². The maximum absolute atomic E-state index is 11.4. The van der Waals surface area contributed by atoms with Crippen molar-refractivity contribution in [1.29, 1.82) is 0 Å². The molecule has 0 fully saturated rings. The summed E-state index contributed by atoms with van der Waals surface area (Å²) in [6.45, 7) is 3.78. The van der Waals surface area contributed by atoms with E-state index < -0.39 is 10.0 Å². The van der Waals surface area contributed by atoms with Crippen LogP contribution in [0.1, 0.15) is 23.7 Å². The van der Waals surface area contributed by atoms with Crippen LogP contribution in [-0.2, 0) is 15.8 Å². The molecule has 2 N–H and O–H groups in total. The van der Waals surface area contributed by atoms with Gasteiger partial charge in [0.25, 0.3) is 0 Å². The van der Waals surface area contributed by atoms with E-state index in [1.807, 2.05) is 30.3 Å². The van der Waals surface area contributed by atoms with Crippen molar-refractivity contribution >= 4 is 10.0 Å². The van der Waals surface area contributed by atoms with E-state index in [1.54, 1.807) is 19.3 Å². The van der Waals surface area contributed by atoms with Gasteiger partial charge in [0, 0.05) is 12.0 Å². The summed E-state index contributed by atoms with van der Waals surface area (Å²) < 4.78 is 34.3. The molecule has 2 aromatic carbocycles. The van der Waals surface area contributed by atoms with Gasteiger partial charge >= 0.3 is 0 Å². The molecule has 1 atom stereocenters. The molecule has 0 bridgehead atoms. The molecule has 3 rings (SSSR count). The summed E-state index contributed by atoms with van der Waals surface area (Å²) in [7, 11) is -1.98. The van der Waals surface area contributed by atoms with Crippen molar-refractivity contribution in [2.75, 3.05) is 7.11 Å². The molecule has 0 saturated heterocycles. The smallest absolute Gasteiger partial charge is 0.213 e. The number of sulfonamides is 1. The van der Waals surface area contributed by atoms with E-state index in [9.17, 15) is 8.42 Å². The van der Waals surface area contributed by atoms with Gasteiger partial charge < -0.3 is 9.47 Å². The first-order valence-electron chi connectivity index (χ1n) is 7.51. The standard InChI is InChI=1S/C18H19NO4S/c1-3-5-15-14-10-12(11-24(19,20)21)8-9-13(14)18-16(22-2)6-4-7-17(18)23-15/h3-4,6-10,15H,1,5,11H2,2H3,(H2,19,20,21). The molecule has 0 saturated carbocycles. The van der Waals surface area contributed by atoms with E-state index in [4.69, 9.17) is 14.6 Å². The number of methoxy groups -OCH3 is 1. The Kier molecular flexibility index (Phi) is 4.34. The molecule has 1 heterocycles. The van der Waals surface area contributed by atoms with E-state index in [-0.39, 0.29) is 11.9 Å². The van der Waals surface area contributed by atoms with Crippen LogP contribution in [0.4, 0.5) is 0 Å². The first-order valence-corrected chi connectivity index (χ1v) is 9.22. The quantitative estimate of drug-likeness (QED) is 0.844. The first-order chi connectivity index (χ1) is 11.4. The van der Waals surface area contributed by atoms with Gasteiger partial charge in [0.1, 0.15) is 17.6 Å². The number of rotatable bonds is 5. The van der Waals surface area contributed by atoms with E-state index in [0.717, 1.165) is 22.4 Å². The highest BCUT2D eigenvalue weighted by Gasteiger charge is 2.28. The third-order valence-corrected chi connectivity index (χ3v) is 4.69. The number of hydrogen-bond acceptors (Lipinski definition) is 4. The minimum Gasteiger partial charge on any atom is -0.496 e. The number of nitrogens with two attached hydrogens (primary N) is 1. The highest BCUT2D eigenvalue weighted by Crippen LogP contribution is 2.48. The van der Waals surface area contributed by atoms with Gasteiger partial charge in [-0.25, -0.2) is 13.6 Å². The zero-order valence-corrected chi connectivity index (χ0v) is 14.2. The van der Waals surface area contributed by atoms with Gasteiger partial charge in [-0.15, -0.1) is 6.58 Å². The number of fused-ring (bicyclic) bond motifs is 3. The first kappa shape index (κ1) is 16.5. The van der Waals surface area contributed by atoms with Gasteiger partial charge in [0.2, 0.25) is 10.0 Å². The third-order valence-electron chi connectivity index (χ3n) is 3.96. The lowest BCUT2D eigenvalue weighted by Crippen LogP contribution is -2.17. The predicted octanol–water partition coefficient (Wildman–Crippen LogP) is 3.16. The van der Waals surface area contributed by atoms with Gasteiger partial charge in [-0.2, -0.15) is 0 Å². The molecule has 1 unspecified atom stereocenters. The average Bonchev–Trinajstić information content (AvgIpc) is 2.53. The van der Waals surface area contributed by atoms with Crippen LogP contribution in [0.5, 0.6) is 11.5 Å². The van der Waals surface area contributed by atoms with Crippen molar-refractivity contribution < 1.29 is 17.9 Å². The Bertz CT molecular complexity index is 890.